The highest BCUT2D eigenvalue weighted by Crippen LogP contribution is 2.31. The first-order chi connectivity index (χ1) is 8.95. The third-order valence-electron chi connectivity index (χ3n) is 3.49. The molecule has 3 heteroatoms. The number of aryl methyl sites for hydroxylation is 3. The zero-order valence-corrected chi connectivity index (χ0v) is 12.5. The first-order valence-electron chi connectivity index (χ1n) is 6.89. The predicted molar refractivity (Wildman–Crippen MR) is 81.3 cm³/mol. The predicted octanol–water partition coefficient (Wildman–Crippen LogP) is 3.89. The molecule has 0 amide bonds. The SMILES string of the molecule is CCc1nc(-c2ccc(C)cc2C)c(N)n1C(C)C. The van der Waals surface area contributed by atoms with Crippen LogP contribution in [0.4, 0.5) is 5.82 Å². The van der Waals surface area contributed by atoms with Gasteiger partial charge in [0, 0.05) is 18.0 Å². The molecule has 0 fully saturated rings. The molecule has 0 bridgehead atoms. The van der Waals surface area contributed by atoms with Gasteiger partial charge >= 0.3 is 0 Å². The highest BCUT2D eigenvalue weighted by Gasteiger charge is 2.18. The van der Waals surface area contributed by atoms with Gasteiger partial charge in [-0.15, -0.1) is 0 Å². The number of imidazole rings is 1. The molecule has 102 valence electrons. The van der Waals surface area contributed by atoms with Crippen molar-refractivity contribution in [3.8, 4) is 11.3 Å². The van der Waals surface area contributed by atoms with Gasteiger partial charge in [0.15, 0.2) is 0 Å². The lowest BCUT2D eigenvalue weighted by atomic mass is 10.0. The topological polar surface area (TPSA) is 43.8 Å². The Morgan fingerprint density at radius 2 is 1.95 bits per heavy atom. The van der Waals surface area contributed by atoms with Crippen molar-refractivity contribution in [2.45, 2.75) is 47.1 Å². The fourth-order valence-corrected chi connectivity index (χ4v) is 2.60. The smallest absolute Gasteiger partial charge is 0.131 e. The quantitative estimate of drug-likeness (QED) is 0.906. The fraction of sp³-hybridized carbons (Fsp3) is 0.438. The minimum Gasteiger partial charge on any atom is -0.383 e. The Hall–Kier alpha value is -1.77. The average molecular weight is 257 g/mol. The number of benzene rings is 1. The number of hydrogen-bond donors (Lipinski definition) is 1. The average Bonchev–Trinajstić information content (AvgIpc) is 2.66. The summed E-state index contributed by atoms with van der Waals surface area (Å²) >= 11 is 0. The van der Waals surface area contributed by atoms with Crippen LogP contribution in [0.3, 0.4) is 0 Å². The molecule has 0 spiro atoms. The van der Waals surface area contributed by atoms with Crippen molar-refractivity contribution in [1.29, 1.82) is 0 Å². The first kappa shape index (κ1) is 13.7. The highest BCUT2D eigenvalue weighted by atomic mass is 15.2. The third kappa shape index (κ3) is 2.37. The fourth-order valence-electron chi connectivity index (χ4n) is 2.60. The summed E-state index contributed by atoms with van der Waals surface area (Å²) in [5.41, 5.74) is 10.9. The summed E-state index contributed by atoms with van der Waals surface area (Å²) in [7, 11) is 0. The Kier molecular flexibility index (Phi) is 3.65. The first-order valence-corrected chi connectivity index (χ1v) is 6.89. The Morgan fingerprint density at radius 1 is 1.26 bits per heavy atom. The van der Waals surface area contributed by atoms with Gasteiger partial charge in [0.25, 0.3) is 0 Å². The van der Waals surface area contributed by atoms with Crippen LogP contribution in [0.1, 0.15) is 43.8 Å². The number of anilines is 1. The van der Waals surface area contributed by atoms with Crippen molar-refractivity contribution in [3.63, 3.8) is 0 Å². The monoisotopic (exact) mass is 257 g/mol. The maximum absolute atomic E-state index is 6.32. The molecule has 1 aromatic carbocycles. The summed E-state index contributed by atoms with van der Waals surface area (Å²) in [6, 6.07) is 6.74. The zero-order chi connectivity index (χ0) is 14.2. The van der Waals surface area contributed by atoms with Gasteiger partial charge in [-0.3, -0.25) is 0 Å². The van der Waals surface area contributed by atoms with Crippen molar-refractivity contribution in [2.24, 2.45) is 0 Å². The standard InChI is InChI=1S/C16H23N3/c1-6-14-18-15(16(17)19(14)10(2)3)13-8-7-11(4)9-12(13)5/h7-10H,6,17H2,1-5H3. The molecule has 0 aliphatic carbocycles. The molecule has 0 aliphatic rings. The van der Waals surface area contributed by atoms with Gasteiger partial charge in [-0.25, -0.2) is 4.98 Å². The van der Waals surface area contributed by atoms with Crippen molar-refractivity contribution >= 4 is 5.82 Å². The van der Waals surface area contributed by atoms with E-state index in [1.165, 1.54) is 11.1 Å². The van der Waals surface area contributed by atoms with E-state index in [0.29, 0.717) is 6.04 Å². The molecule has 0 aliphatic heterocycles. The second-order valence-corrected chi connectivity index (χ2v) is 5.40. The largest absolute Gasteiger partial charge is 0.383 e. The molecule has 2 N–H and O–H groups in total. The van der Waals surface area contributed by atoms with Gasteiger partial charge in [0.05, 0.1) is 0 Å². The van der Waals surface area contributed by atoms with E-state index in [0.717, 1.165) is 29.3 Å². The van der Waals surface area contributed by atoms with Gasteiger partial charge < -0.3 is 10.3 Å². The maximum atomic E-state index is 6.32. The summed E-state index contributed by atoms with van der Waals surface area (Å²) in [6.45, 7) is 10.6. The van der Waals surface area contributed by atoms with Crippen LogP contribution >= 0.6 is 0 Å². The number of aromatic nitrogens is 2. The molecule has 0 saturated heterocycles. The third-order valence-corrected chi connectivity index (χ3v) is 3.49. The van der Waals surface area contributed by atoms with Crippen LogP contribution in [0.25, 0.3) is 11.3 Å². The van der Waals surface area contributed by atoms with E-state index in [2.05, 4.69) is 57.4 Å². The number of rotatable bonds is 3. The lowest BCUT2D eigenvalue weighted by Crippen LogP contribution is -2.09. The van der Waals surface area contributed by atoms with Crippen LogP contribution in [0, 0.1) is 13.8 Å². The molecule has 0 atom stereocenters. The van der Waals surface area contributed by atoms with Crippen LogP contribution in [0.2, 0.25) is 0 Å². The molecular weight excluding hydrogens is 234 g/mol. The van der Waals surface area contributed by atoms with E-state index in [4.69, 9.17) is 10.7 Å². The van der Waals surface area contributed by atoms with Crippen LogP contribution < -0.4 is 5.73 Å². The zero-order valence-electron chi connectivity index (χ0n) is 12.5. The molecule has 19 heavy (non-hydrogen) atoms. The van der Waals surface area contributed by atoms with E-state index >= 15 is 0 Å². The summed E-state index contributed by atoms with van der Waals surface area (Å²) in [5, 5.41) is 0. The highest BCUT2D eigenvalue weighted by molar-refractivity contribution is 5.74. The van der Waals surface area contributed by atoms with Crippen LogP contribution in [-0.4, -0.2) is 9.55 Å². The molecule has 0 saturated carbocycles. The summed E-state index contributed by atoms with van der Waals surface area (Å²) in [6.07, 6.45) is 0.896. The Labute approximate surface area is 115 Å². The Bertz CT molecular complexity index is 594. The van der Waals surface area contributed by atoms with Gasteiger partial charge in [-0.1, -0.05) is 30.7 Å². The molecule has 2 rings (SSSR count). The van der Waals surface area contributed by atoms with E-state index < -0.39 is 0 Å². The molecule has 1 heterocycles. The van der Waals surface area contributed by atoms with Crippen LogP contribution in [-0.2, 0) is 6.42 Å². The lowest BCUT2D eigenvalue weighted by Gasteiger charge is -2.13. The number of nitrogen functional groups attached to an aromatic ring is 1. The summed E-state index contributed by atoms with van der Waals surface area (Å²) in [5.74, 6) is 1.83. The summed E-state index contributed by atoms with van der Waals surface area (Å²) < 4.78 is 2.13. The van der Waals surface area contributed by atoms with Crippen molar-refractivity contribution in [1.82, 2.24) is 9.55 Å². The number of hydrogen-bond acceptors (Lipinski definition) is 2. The van der Waals surface area contributed by atoms with E-state index in [1.54, 1.807) is 0 Å². The van der Waals surface area contributed by atoms with E-state index in [-0.39, 0.29) is 0 Å². The van der Waals surface area contributed by atoms with Gasteiger partial charge in [-0.05, 0) is 33.3 Å². The van der Waals surface area contributed by atoms with Crippen molar-refractivity contribution < 1.29 is 0 Å². The van der Waals surface area contributed by atoms with Crippen molar-refractivity contribution in [3.05, 3.63) is 35.2 Å². The Morgan fingerprint density at radius 3 is 2.42 bits per heavy atom. The molecule has 0 radical (unpaired) electrons. The lowest BCUT2D eigenvalue weighted by molar-refractivity contribution is 0.579. The molecule has 0 unspecified atom stereocenters. The molecule has 1 aromatic heterocycles. The maximum Gasteiger partial charge on any atom is 0.131 e. The van der Waals surface area contributed by atoms with Crippen LogP contribution in [0.5, 0.6) is 0 Å². The second-order valence-electron chi connectivity index (χ2n) is 5.40. The number of nitrogens with zero attached hydrogens (tertiary/aromatic N) is 2. The van der Waals surface area contributed by atoms with E-state index in [9.17, 15) is 0 Å². The number of nitrogens with two attached hydrogens (primary N) is 1. The van der Waals surface area contributed by atoms with Crippen LogP contribution in [0.15, 0.2) is 18.2 Å². The normalized spacial score (nSPS) is 11.3. The molecule has 3 nitrogen and oxygen atoms in total. The minimum atomic E-state index is 0.335. The van der Waals surface area contributed by atoms with Gasteiger partial charge in [0.1, 0.15) is 17.3 Å². The van der Waals surface area contributed by atoms with Crippen molar-refractivity contribution in [2.75, 3.05) is 5.73 Å². The molecule has 2 aromatic rings. The van der Waals surface area contributed by atoms with Gasteiger partial charge in [-0.2, -0.15) is 0 Å². The minimum absolute atomic E-state index is 0.335. The second kappa shape index (κ2) is 5.08. The van der Waals surface area contributed by atoms with Gasteiger partial charge in [0.2, 0.25) is 0 Å². The van der Waals surface area contributed by atoms with E-state index in [1.807, 2.05) is 0 Å². The Balaban J connectivity index is 2.63. The molecular formula is C16H23N3. The summed E-state index contributed by atoms with van der Waals surface area (Å²) in [4.78, 5) is 4.75.